The Morgan fingerprint density at radius 3 is 2.62 bits per heavy atom. The van der Waals surface area contributed by atoms with Crippen molar-refractivity contribution in [3.05, 3.63) is 16.1 Å². The largest absolute Gasteiger partial charge is 0.476 e. The molecule has 1 saturated heterocycles. The summed E-state index contributed by atoms with van der Waals surface area (Å²) in [6.45, 7) is 3.66. The van der Waals surface area contributed by atoms with Crippen LogP contribution in [0.4, 0.5) is 4.79 Å². The maximum Gasteiger partial charge on any atom is 0.355 e. The summed E-state index contributed by atoms with van der Waals surface area (Å²) >= 11 is 1.25. The monoisotopic (exact) mass is 310 g/mol. The number of aromatic carboxylic acids is 1. The fourth-order valence-corrected chi connectivity index (χ4v) is 3.19. The fraction of sp³-hybridized carbons (Fsp3) is 0.615. The maximum absolute atomic E-state index is 12.1. The Morgan fingerprint density at radius 1 is 1.33 bits per heavy atom. The van der Waals surface area contributed by atoms with Gasteiger partial charge in [0.1, 0.15) is 5.01 Å². The van der Waals surface area contributed by atoms with Crippen molar-refractivity contribution in [2.24, 2.45) is 0 Å². The van der Waals surface area contributed by atoms with E-state index in [9.17, 15) is 9.59 Å². The van der Waals surface area contributed by atoms with Crippen molar-refractivity contribution in [3.63, 3.8) is 0 Å². The summed E-state index contributed by atoms with van der Waals surface area (Å²) in [5, 5.41) is 13.7. The van der Waals surface area contributed by atoms with E-state index in [1.54, 1.807) is 0 Å². The van der Waals surface area contributed by atoms with E-state index in [4.69, 9.17) is 5.11 Å². The van der Waals surface area contributed by atoms with E-state index in [2.05, 4.69) is 15.2 Å². The number of nitrogens with one attached hydrogen (secondary N) is 1. The van der Waals surface area contributed by atoms with Crippen LogP contribution < -0.4 is 5.32 Å². The first kappa shape index (κ1) is 14.3. The highest BCUT2D eigenvalue weighted by atomic mass is 32.1. The molecule has 0 unspecified atom stereocenters. The number of hydrogen-bond donors (Lipinski definition) is 2. The zero-order chi connectivity index (χ0) is 14.8. The topological polar surface area (TPSA) is 85.8 Å². The van der Waals surface area contributed by atoms with Gasteiger partial charge in [0.2, 0.25) is 0 Å². The zero-order valence-electron chi connectivity index (χ0n) is 11.6. The highest BCUT2D eigenvalue weighted by Crippen LogP contribution is 2.27. The van der Waals surface area contributed by atoms with Gasteiger partial charge in [0, 0.05) is 37.6 Å². The number of carbonyl (C=O) groups is 2. The Morgan fingerprint density at radius 2 is 2.05 bits per heavy atom. The van der Waals surface area contributed by atoms with Gasteiger partial charge >= 0.3 is 12.0 Å². The standard InChI is InChI=1S/C13H18N4O3S/c18-12(19)10-8-21-11(15-10)7-14-13(20)17-5-3-16(4-6-17)9-1-2-9/h8-9H,1-7H2,(H,14,20)(H,18,19). The minimum absolute atomic E-state index is 0.0299. The minimum Gasteiger partial charge on any atom is -0.476 e. The smallest absolute Gasteiger partial charge is 0.355 e. The Balaban J connectivity index is 1.44. The molecule has 0 aromatic carbocycles. The SMILES string of the molecule is O=C(O)c1csc(CNC(=O)N2CCN(C3CC3)CC2)n1. The summed E-state index contributed by atoms with van der Waals surface area (Å²) < 4.78 is 0. The number of carboxylic acid groups (broad SMARTS) is 1. The quantitative estimate of drug-likeness (QED) is 0.860. The third-order valence-electron chi connectivity index (χ3n) is 3.83. The first-order valence-corrected chi connectivity index (χ1v) is 7.96. The van der Waals surface area contributed by atoms with Crippen LogP contribution in [-0.4, -0.2) is 64.1 Å². The molecule has 1 aliphatic heterocycles. The van der Waals surface area contributed by atoms with Crippen molar-refractivity contribution in [1.29, 1.82) is 0 Å². The lowest BCUT2D eigenvalue weighted by Crippen LogP contribution is -2.52. The average molecular weight is 310 g/mol. The van der Waals surface area contributed by atoms with Crippen LogP contribution in [0, 0.1) is 0 Å². The van der Waals surface area contributed by atoms with Gasteiger partial charge in [-0.2, -0.15) is 0 Å². The first-order valence-electron chi connectivity index (χ1n) is 7.08. The van der Waals surface area contributed by atoms with Crippen molar-refractivity contribution >= 4 is 23.3 Å². The van der Waals surface area contributed by atoms with Crippen molar-refractivity contribution < 1.29 is 14.7 Å². The van der Waals surface area contributed by atoms with Gasteiger partial charge < -0.3 is 15.3 Å². The molecule has 1 aliphatic carbocycles. The molecule has 21 heavy (non-hydrogen) atoms. The Bertz CT molecular complexity index is 535. The number of amides is 2. The molecule has 0 radical (unpaired) electrons. The van der Waals surface area contributed by atoms with Crippen LogP contribution in [-0.2, 0) is 6.54 Å². The van der Waals surface area contributed by atoms with E-state index in [-0.39, 0.29) is 18.3 Å². The van der Waals surface area contributed by atoms with Crippen LogP contribution in [0.2, 0.25) is 0 Å². The van der Waals surface area contributed by atoms with Crippen molar-refractivity contribution in [2.45, 2.75) is 25.4 Å². The van der Waals surface area contributed by atoms with Gasteiger partial charge in [-0.25, -0.2) is 14.6 Å². The van der Waals surface area contributed by atoms with E-state index in [0.29, 0.717) is 5.01 Å². The molecule has 1 aromatic rings. The second kappa shape index (κ2) is 5.98. The predicted octanol–water partition coefficient (Wildman–Crippen LogP) is 0.831. The van der Waals surface area contributed by atoms with Gasteiger partial charge in [0.05, 0.1) is 6.54 Å². The summed E-state index contributed by atoms with van der Waals surface area (Å²) in [5.74, 6) is -1.04. The van der Waals surface area contributed by atoms with Crippen LogP contribution in [0.3, 0.4) is 0 Å². The summed E-state index contributed by atoms with van der Waals surface area (Å²) in [5.41, 5.74) is 0.0299. The lowest BCUT2D eigenvalue weighted by molar-refractivity contribution is 0.0691. The second-order valence-corrected chi connectivity index (χ2v) is 6.29. The van der Waals surface area contributed by atoms with E-state index in [0.717, 1.165) is 32.2 Å². The number of piperazine rings is 1. The van der Waals surface area contributed by atoms with Crippen LogP contribution in [0.1, 0.15) is 28.3 Å². The molecule has 2 fully saturated rings. The van der Waals surface area contributed by atoms with Gasteiger partial charge in [-0.1, -0.05) is 0 Å². The lowest BCUT2D eigenvalue weighted by atomic mass is 10.3. The summed E-state index contributed by atoms with van der Waals surface area (Å²) in [6.07, 6.45) is 2.59. The molecular weight excluding hydrogens is 292 g/mol. The second-order valence-electron chi connectivity index (χ2n) is 5.34. The molecular formula is C13H18N4O3S. The first-order chi connectivity index (χ1) is 10.1. The molecule has 1 aromatic heterocycles. The molecule has 0 atom stereocenters. The summed E-state index contributed by atoms with van der Waals surface area (Å²) in [6, 6.07) is 0.650. The number of carboxylic acids is 1. The molecule has 2 heterocycles. The van der Waals surface area contributed by atoms with Gasteiger partial charge in [-0.15, -0.1) is 11.3 Å². The number of urea groups is 1. The van der Waals surface area contributed by atoms with Crippen molar-refractivity contribution in [1.82, 2.24) is 20.1 Å². The van der Waals surface area contributed by atoms with Crippen LogP contribution >= 0.6 is 11.3 Å². The third kappa shape index (κ3) is 3.51. The fourth-order valence-electron chi connectivity index (χ4n) is 2.48. The number of thiazole rings is 1. The van der Waals surface area contributed by atoms with Gasteiger partial charge in [-0.05, 0) is 12.8 Å². The number of aromatic nitrogens is 1. The molecule has 2 aliphatic rings. The molecule has 8 heteroatoms. The molecule has 0 spiro atoms. The number of rotatable bonds is 4. The minimum atomic E-state index is -1.04. The molecule has 114 valence electrons. The Hall–Kier alpha value is -1.67. The molecule has 2 amide bonds. The normalized spacial score (nSPS) is 19.5. The van der Waals surface area contributed by atoms with E-state index < -0.39 is 5.97 Å². The lowest BCUT2D eigenvalue weighted by Gasteiger charge is -2.34. The van der Waals surface area contributed by atoms with Crippen molar-refractivity contribution in [2.75, 3.05) is 26.2 Å². The highest BCUT2D eigenvalue weighted by molar-refractivity contribution is 7.09. The van der Waals surface area contributed by atoms with Crippen molar-refractivity contribution in [3.8, 4) is 0 Å². The molecule has 0 bridgehead atoms. The van der Waals surface area contributed by atoms with E-state index in [1.807, 2.05) is 4.90 Å². The summed E-state index contributed by atoms with van der Waals surface area (Å²) in [4.78, 5) is 31.0. The highest BCUT2D eigenvalue weighted by Gasteiger charge is 2.32. The van der Waals surface area contributed by atoms with Gasteiger partial charge in [-0.3, -0.25) is 4.90 Å². The molecule has 3 rings (SSSR count). The molecule has 2 N–H and O–H groups in total. The Kier molecular flexibility index (Phi) is 4.07. The summed E-state index contributed by atoms with van der Waals surface area (Å²) in [7, 11) is 0. The van der Waals surface area contributed by atoms with E-state index >= 15 is 0 Å². The molecule has 7 nitrogen and oxygen atoms in total. The van der Waals surface area contributed by atoms with Crippen LogP contribution in [0.25, 0.3) is 0 Å². The molecule has 1 saturated carbocycles. The van der Waals surface area contributed by atoms with Gasteiger partial charge in [0.25, 0.3) is 0 Å². The van der Waals surface area contributed by atoms with E-state index in [1.165, 1.54) is 29.6 Å². The third-order valence-corrected chi connectivity index (χ3v) is 4.68. The Labute approximate surface area is 126 Å². The van der Waals surface area contributed by atoms with Crippen LogP contribution in [0.15, 0.2) is 5.38 Å². The maximum atomic E-state index is 12.1. The van der Waals surface area contributed by atoms with Gasteiger partial charge in [0.15, 0.2) is 5.69 Å². The average Bonchev–Trinajstić information content (AvgIpc) is 3.23. The number of nitrogens with zero attached hydrogens (tertiary/aromatic N) is 3. The number of hydrogen-bond acceptors (Lipinski definition) is 5. The zero-order valence-corrected chi connectivity index (χ0v) is 12.4. The van der Waals surface area contributed by atoms with Crippen LogP contribution in [0.5, 0.6) is 0 Å². The predicted molar refractivity (Wildman–Crippen MR) is 77.5 cm³/mol. The number of carbonyl (C=O) groups excluding carboxylic acids is 1.